The molecule has 2 aromatic rings. The van der Waals surface area contributed by atoms with Crippen LogP contribution in [0.15, 0.2) is 47.1 Å². The van der Waals surface area contributed by atoms with E-state index in [0.717, 1.165) is 11.5 Å². The Morgan fingerprint density at radius 3 is 2.68 bits per heavy atom. The maximum Gasteiger partial charge on any atom is 0.319 e. The first-order valence-electron chi connectivity index (χ1n) is 7.03. The van der Waals surface area contributed by atoms with Gasteiger partial charge < -0.3 is 24.9 Å². The van der Waals surface area contributed by atoms with E-state index >= 15 is 0 Å². The van der Waals surface area contributed by atoms with Crippen molar-refractivity contribution in [1.82, 2.24) is 5.32 Å². The lowest BCUT2D eigenvalue weighted by atomic mass is 10.1. The molecule has 2 rings (SSSR count). The van der Waals surface area contributed by atoms with Crippen LogP contribution in [-0.4, -0.2) is 31.4 Å². The molecule has 0 aliphatic carbocycles. The lowest BCUT2D eigenvalue weighted by Crippen LogP contribution is -2.34. The number of aliphatic hydroxyl groups excluding tert-OH is 1. The number of hydrogen-bond acceptors (Lipinski definition) is 4. The Balaban J connectivity index is 1.78. The molecule has 1 aromatic heterocycles. The molecule has 0 spiro atoms. The minimum Gasteiger partial charge on any atom is -0.497 e. The van der Waals surface area contributed by atoms with Gasteiger partial charge in [0.2, 0.25) is 0 Å². The van der Waals surface area contributed by atoms with Crippen molar-refractivity contribution >= 4 is 11.7 Å². The van der Waals surface area contributed by atoms with Gasteiger partial charge in [-0.05, 0) is 36.4 Å². The van der Waals surface area contributed by atoms with Crippen LogP contribution in [0.5, 0.6) is 5.75 Å². The summed E-state index contributed by atoms with van der Waals surface area (Å²) in [5, 5.41) is 14.8. The number of furan rings is 1. The normalized spacial score (nSPS) is 11.7. The molecule has 1 heterocycles. The molecule has 0 bridgehead atoms. The van der Waals surface area contributed by atoms with Gasteiger partial charge in [-0.15, -0.1) is 0 Å². The number of carbonyl (C=O) groups excluding carboxylic acids is 1. The number of urea groups is 1. The van der Waals surface area contributed by atoms with Crippen LogP contribution in [0.2, 0.25) is 0 Å². The number of anilines is 1. The number of amides is 2. The van der Waals surface area contributed by atoms with Crippen molar-refractivity contribution in [2.75, 3.05) is 25.6 Å². The fraction of sp³-hybridized carbons (Fsp3) is 0.312. The van der Waals surface area contributed by atoms with Gasteiger partial charge in [-0.2, -0.15) is 0 Å². The van der Waals surface area contributed by atoms with Gasteiger partial charge in [0.15, 0.2) is 0 Å². The third-order valence-electron chi connectivity index (χ3n) is 3.23. The van der Waals surface area contributed by atoms with Crippen LogP contribution in [0, 0.1) is 5.92 Å². The third-order valence-corrected chi connectivity index (χ3v) is 3.23. The summed E-state index contributed by atoms with van der Waals surface area (Å²) in [5.41, 5.74) is 0.671. The maximum atomic E-state index is 11.8. The van der Waals surface area contributed by atoms with Crippen molar-refractivity contribution < 1.29 is 19.1 Å². The second-order valence-electron chi connectivity index (χ2n) is 4.90. The van der Waals surface area contributed by atoms with E-state index < -0.39 is 0 Å². The van der Waals surface area contributed by atoms with E-state index in [1.807, 2.05) is 6.07 Å². The Morgan fingerprint density at radius 2 is 2.09 bits per heavy atom. The summed E-state index contributed by atoms with van der Waals surface area (Å²) in [6, 6.07) is 10.4. The molecule has 2 amide bonds. The lowest BCUT2D eigenvalue weighted by molar-refractivity contribution is 0.213. The fourth-order valence-corrected chi connectivity index (χ4v) is 2.00. The zero-order chi connectivity index (χ0) is 15.8. The zero-order valence-corrected chi connectivity index (χ0v) is 12.4. The average Bonchev–Trinajstić information content (AvgIpc) is 3.05. The third kappa shape index (κ3) is 4.82. The van der Waals surface area contributed by atoms with Gasteiger partial charge in [0.25, 0.3) is 0 Å². The highest BCUT2D eigenvalue weighted by atomic mass is 16.5. The van der Waals surface area contributed by atoms with Crippen LogP contribution < -0.4 is 15.4 Å². The van der Waals surface area contributed by atoms with E-state index in [1.54, 1.807) is 43.7 Å². The summed E-state index contributed by atoms with van der Waals surface area (Å²) >= 11 is 0. The molecule has 118 valence electrons. The Kier molecular flexibility index (Phi) is 5.85. The molecule has 6 nitrogen and oxygen atoms in total. The minimum atomic E-state index is -0.317. The van der Waals surface area contributed by atoms with E-state index in [9.17, 15) is 9.90 Å². The number of aliphatic hydroxyl groups is 1. The molecule has 3 N–H and O–H groups in total. The Labute approximate surface area is 129 Å². The van der Waals surface area contributed by atoms with Crippen molar-refractivity contribution in [2.45, 2.75) is 6.42 Å². The quantitative estimate of drug-likeness (QED) is 0.732. The van der Waals surface area contributed by atoms with Crippen molar-refractivity contribution in [3.8, 4) is 5.75 Å². The smallest absolute Gasteiger partial charge is 0.319 e. The van der Waals surface area contributed by atoms with Crippen molar-refractivity contribution in [3.63, 3.8) is 0 Å². The van der Waals surface area contributed by atoms with E-state index in [0.29, 0.717) is 18.7 Å². The number of methoxy groups -OCH3 is 1. The summed E-state index contributed by atoms with van der Waals surface area (Å²) in [4.78, 5) is 11.8. The number of benzene rings is 1. The predicted octanol–water partition coefficient (Wildman–Crippen LogP) is 2.26. The van der Waals surface area contributed by atoms with Crippen molar-refractivity contribution in [1.29, 1.82) is 0 Å². The monoisotopic (exact) mass is 304 g/mol. The zero-order valence-electron chi connectivity index (χ0n) is 12.4. The van der Waals surface area contributed by atoms with Crippen LogP contribution in [0.3, 0.4) is 0 Å². The van der Waals surface area contributed by atoms with E-state index in [2.05, 4.69) is 10.6 Å². The molecule has 0 fully saturated rings. The second-order valence-corrected chi connectivity index (χ2v) is 4.90. The number of nitrogens with one attached hydrogen (secondary N) is 2. The highest BCUT2D eigenvalue weighted by Crippen LogP contribution is 2.14. The standard InChI is InChI=1S/C16H20N2O4/c1-21-14-6-4-13(5-7-14)18-16(20)17-10-12(11-19)9-15-3-2-8-22-15/h2-8,12,19H,9-11H2,1H3,(H2,17,18,20)/t12-/m1/s1. The first kappa shape index (κ1) is 15.9. The molecule has 0 radical (unpaired) electrons. The van der Waals surface area contributed by atoms with E-state index in [-0.39, 0.29) is 18.6 Å². The fourth-order valence-electron chi connectivity index (χ4n) is 2.00. The molecule has 0 saturated heterocycles. The van der Waals surface area contributed by atoms with Gasteiger partial charge in [-0.25, -0.2) is 4.79 Å². The van der Waals surface area contributed by atoms with Gasteiger partial charge in [0, 0.05) is 31.2 Å². The van der Waals surface area contributed by atoms with E-state index in [1.165, 1.54) is 0 Å². The van der Waals surface area contributed by atoms with Gasteiger partial charge in [0.05, 0.1) is 13.4 Å². The topological polar surface area (TPSA) is 83.7 Å². The van der Waals surface area contributed by atoms with Gasteiger partial charge in [-0.3, -0.25) is 0 Å². The molecular formula is C16H20N2O4. The Hall–Kier alpha value is -2.47. The highest BCUT2D eigenvalue weighted by molar-refractivity contribution is 5.89. The molecule has 0 aliphatic rings. The number of ether oxygens (including phenoxy) is 1. The lowest BCUT2D eigenvalue weighted by Gasteiger charge is -2.14. The van der Waals surface area contributed by atoms with Crippen LogP contribution in [-0.2, 0) is 6.42 Å². The largest absolute Gasteiger partial charge is 0.497 e. The summed E-state index contributed by atoms with van der Waals surface area (Å²) in [7, 11) is 1.59. The average molecular weight is 304 g/mol. The SMILES string of the molecule is COc1ccc(NC(=O)NC[C@H](CO)Cc2ccco2)cc1. The molecular weight excluding hydrogens is 284 g/mol. The number of hydrogen-bond donors (Lipinski definition) is 3. The minimum absolute atomic E-state index is 0.0243. The predicted molar refractivity (Wildman–Crippen MR) is 83.0 cm³/mol. The Bertz CT molecular complexity index is 566. The molecule has 0 saturated carbocycles. The molecule has 6 heteroatoms. The van der Waals surface area contributed by atoms with Crippen LogP contribution in [0.25, 0.3) is 0 Å². The molecule has 1 aromatic carbocycles. The molecule has 0 unspecified atom stereocenters. The second kappa shape index (κ2) is 8.09. The molecule has 1 atom stereocenters. The highest BCUT2D eigenvalue weighted by Gasteiger charge is 2.12. The Morgan fingerprint density at radius 1 is 1.32 bits per heavy atom. The first-order valence-corrected chi connectivity index (χ1v) is 7.03. The van der Waals surface area contributed by atoms with Crippen LogP contribution in [0.1, 0.15) is 5.76 Å². The van der Waals surface area contributed by atoms with Gasteiger partial charge in [-0.1, -0.05) is 0 Å². The maximum absolute atomic E-state index is 11.8. The van der Waals surface area contributed by atoms with Crippen LogP contribution in [0.4, 0.5) is 10.5 Å². The number of rotatable bonds is 7. The summed E-state index contributed by atoms with van der Waals surface area (Å²) in [5.74, 6) is 1.42. The van der Waals surface area contributed by atoms with Crippen molar-refractivity contribution in [2.24, 2.45) is 5.92 Å². The molecule has 22 heavy (non-hydrogen) atoms. The van der Waals surface area contributed by atoms with Gasteiger partial charge >= 0.3 is 6.03 Å². The summed E-state index contributed by atoms with van der Waals surface area (Å²) in [6.45, 7) is 0.336. The molecule has 0 aliphatic heterocycles. The van der Waals surface area contributed by atoms with Crippen LogP contribution >= 0.6 is 0 Å². The first-order chi connectivity index (χ1) is 10.7. The van der Waals surface area contributed by atoms with Crippen molar-refractivity contribution in [3.05, 3.63) is 48.4 Å². The summed E-state index contributed by atoms with van der Waals surface area (Å²) < 4.78 is 10.3. The van der Waals surface area contributed by atoms with E-state index in [4.69, 9.17) is 9.15 Å². The number of carbonyl (C=O) groups is 1. The summed E-state index contributed by atoms with van der Waals surface area (Å²) in [6.07, 6.45) is 2.17. The van der Waals surface area contributed by atoms with Gasteiger partial charge in [0.1, 0.15) is 11.5 Å².